The molecule has 0 radical (unpaired) electrons. The van der Waals surface area contributed by atoms with Gasteiger partial charge < -0.3 is 0 Å². The molecule has 5 nitrogen and oxygen atoms in total. The number of hydrogen-bond acceptors (Lipinski definition) is 5. The minimum Gasteiger partial charge on any atom is -0.286 e. The van der Waals surface area contributed by atoms with Crippen LogP contribution in [0.4, 0.5) is 0 Å². The summed E-state index contributed by atoms with van der Waals surface area (Å²) < 4.78 is 27.1. The van der Waals surface area contributed by atoms with Crippen LogP contribution in [0, 0.1) is 0 Å². The third kappa shape index (κ3) is 3.67. The third-order valence-corrected chi connectivity index (χ3v) is 3.43. The lowest BCUT2D eigenvalue weighted by atomic mass is 10.4. The molecule has 0 aliphatic carbocycles. The molecule has 0 aromatic carbocycles. The van der Waals surface area contributed by atoms with E-state index < -0.39 is 7.82 Å². The maximum atomic E-state index is 11.9. The second-order valence-electron chi connectivity index (χ2n) is 3.00. The van der Waals surface area contributed by atoms with Crippen molar-refractivity contribution in [2.75, 3.05) is 26.3 Å². The molecule has 0 aromatic heterocycles. The highest BCUT2D eigenvalue weighted by Crippen LogP contribution is 2.50. The minimum absolute atomic E-state index is 0.325. The molecule has 1 aliphatic heterocycles. The molecule has 14 heavy (non-hydrogen) atoms. The molecular formula is C8H18NO4P. The molecule has 0 atom stereocenters. The molecule has 1 aliphatic rings. The third-order valence-electron chi connectivity index (χ3n) is 1.85. The monoisotopic (exact) mass is 223 g/mol. The van der Waals surface area contributed by atoms with E-state index in [1.165, 1.54) is 0 Å². The van der Waals surface area contributed by atoms with Crippen LogP contribution in [-0.4, -0.2) is 31.4 Å². The number of hydroxylamine groups is 2. The van der Waals surface area contributed by atoms with Crippen molar-refractivity contribution in [3.05, 3.63) is 0 Å². The minimum atomic E-state index is -3.34. The van der Waals surface area contributed by atoms with Crippen LogP contribution in [0.5, 0.6) is 0 Å². The summed E-state index contributed by atoms with van der Waals surface area (Å²) in [5.41, 5.74) is 0. The molecular weight excluding hydrogens is 205 g/mol. The zero-order valence-corrected chi connectivity index (χ0v) is 9.66. The summed E-state index contributed by atoms with van der Waals surface area (Å²) in [6, 6.07) is 0. The Hall–Kier alpha value is 0.0700. The van der Waals surface area contributed by atoms with E-state index in [0.29, 0.717) is 13.2 Å². The number of rotatable bonds is 6. The molecule has 0 N–H and O–H groups in total. The van der Waals surface area contributed by atoms with Crippen LogP contribution in [-0.2, 0) is 18.2 Å². The molecule has 6 heteroatoms. The molecule has 84 valence electrons. The Bertz CT molecular complexity index is 196. The predicted molar refractivity (Wildman–Crippen MR) is 52.8 cm³/mol. The van der Waals surface area contributed by atoms with E-state index in [0.717, 1.165) is 25.9 Å². The van der Waals surface area contributed by atoms with E-state index in [2.05, 4.69) is 0 Å². The van der Waals surface area contributed by atoms with Crippen molar-refractivity contribution < 1.29 is 18.2 Å². The van der Waals surface area contributed by atoms with Crippen molar-refractivity contribution in [3.63, 3.8) is 0 Å². The van der Waals surface area contributed by atoms with Crippen LogP contribution in [0.3, 0.4) is 0 Å². The quantitative estimate of drug-likeness (QED) is 0.646. The molecule has 1 rings (SSSR count). The summed E-state index contributed by atoms with van der Waals surface area (Å²) in [5, 5.41) is 1.66. The molecule has 0 unspecified atom stereocenters. The van der Waals surface area contributed by atoms with Crippen molar-refractivity contribution in [2.45, 2.75) is 26.7 Å². The standard InChI is InChI=1S/C8H18NO4P/c1-3-11-14(10,12-4-2)13-9-7-5-6-8-9/h3-8H2,1-2H3. The van der Waals surface area contributed by atoms with Crippen molar-refractivity contribution >= 4 is 7.82 Å². The molecule has 0 aromatic rings. The van der Waals surface area contributed by atoms with Gasteiger partial charge in [0.25, 0.3) is 0 Å². The topological polar surface area (TPSA) is 48.0 Å². The molecule has 1 saturated heterocycles. The summed E-state index contributed by atoms with van der Waals surface area (Å²) in [6.07, 6.45) is 2.14. The summed E-state index contributed by atoms with van der Waals surface area (Å²) in [4.78, 5) is 0. The zero-order chi connectivity index (χ0) is 10.4. The molecule has 1 heterocycles. The fraction of sp³-hybridized carbons (Fsp3) is 1.00. The van der Waals surface area contributed by atoms with E-state index in [1.54, 1.807) is 18.9 Å². The Morgan fingerprint density at radius 1 is 1.14 bits per heavy atom. The highest BCUT2D eigenvalue weighted by molar-refractivity contribution is 7.48. The Morgan fingerprint density at radius 3 is 2.07 bits per heavy atom. The Kier molecular flexibility index (Phi) is 5.06. The van der Waals surface area contributed by atoms with Crippen LogP contribution in [0.15, 0.2) is 0 Å². The largest absolute Gasteiger partial charge is 0.491 e. The lowest BCUT2D eigenvalue weighted by molar-refractivity contribution is -0.0728. The van der Waals surface area contributed by atoms with Crippen LogP contribution in [0.1, 0.15) is 26.7 Å². The summed E-state index contributed by atoms with van der Waals surface area (Å²) >= 11 is 0. The fourth-order valence-corrected chi connectivity index (χ4v) is 2.56. The highest BCUT2D eigenvalue weighted by atomic mass is 31.2. The Balaban J connectivity index is 2.44. The zero-order valence-electron chi connectivity index (χ0n) is 8.77. The lowest BCUT2D eigenvalue weighted by Crippen LogP contribution is -2.19. The van der Waals surface area contributed by atoms with Crippen LogP contribution >= 0.6 is 7.82 Å². The molecule has 1 fully saturated rings. The van der Waals surface area contributed by atoms with Gasteiger partial charge in [-0.3, -0.25) is 9.05 Å². The van der Waals surface area contributed by atoms with Crippen molar-refractivity contribution in [1.29, 1.82) is 0 Å². The fourth-order valence-electron chi connectivity index (χ4n) is 1.31. The van der Waals surface area contributed by atoms with Gasteiger partial charge in [-0.1, -0.05) is 0 Å². The first-order valence-electron chi connectivity index (χ1n) is 5.04. The molecule has 0 spiro atoms. The van der Waals surface area contributed by atoms with Gasteiger partial charge in [0.1, 0.15) is 0 Å². The lowest BCUT2D eigenvalue weighted by Gasteiger charge is -2.21. The van der Waals surface area contributed by atoms with Gasteiger partial charge in [0.05, 0.1) is 13.2 Å². The summed E-state index contributed by atoms with van der Waals surface area (Å²) in [5.74, 6) is 0. The van der Waals surface area contributed by atoms with E-state index in [-0.39, 0.29) is 0 Å². The normalized spacial score (nSPS) is 19.0. The van der Waals surface area contributed by atoms with Crippen molar-refractivity contribution in [2.24, 2.45) is 0 Å². The summed E-state index contributed by atoms with van der Waals surface area (Å²) in [7, 11) is -3.34. The van der Waals surface area contributed by atoms with Crippen molar-refractivity contribution in [1.82, 2.24) is 5.06 Å². The Morgan fingerprint density at radius 2 is 1.64 bits per heavy atom. The average molecular weight is 223 g/mol. The maximum Gasteiger partial charge on any atom is 0.491 e. The van der Waals surface area contributed by atoms with E-state index in [1.807, 2.05) is 0 Å². The molecule has 0 saturated carbocycles. The average Bonchev–Trinajstić information content (AvgIpc) is 2.57. The van der Waals surface area contributed by atoms with Gasteiger partial charge in [-0.05, 0) is 26.7 Å². The van der Waals surface area contributed by atoms with E-state index >= 15 is 0 Å². The van der Waals surface area contributed by atoms with Crippen LogP contribution < -0.4 is 0 Å². The van der Waals surface area contributed by atoms with Gasteiger partial charge in [-0.25, -0.2) is 4.57 Å². The van der Waals surface area contributed by atoms with Gasteiger partial charge in [0.15, 0.2) is 0 Å². The molecule has 0 bridgehead atoms. The number of nitrogens with zero attached hydrogens (tertiary/aromatic N) is 1. The second-order valence-corrected chi connectivity index (χ2v) is 4.57. The van der Waals surface area contributed by atoms with Crippen LogP contribution in [0.2, 0.25) is 0 Å². The van der Waals surface area contributed by atoms with Gasteiger partial charge in [0, 0.05) is 13.1 Å². The van der Waals surface area contributed by atoms with Crippen LogP contribution in [0.25, 0.3) is 0 Å². The second kappa shape index (κ2) is 5.83. The van der Waals surface area contributed by atoms with Gasteiger partial charge in [0.2, 0.25) is 0 Å². The van der Waals surface area contributed by atoms with E-state index in [4.69, 9.17) is 13.7 Å². The number of phosphoric acid groups is 1. The Labute approximate surface area is 84.9 Å². The molecule has 0 amide bonds. The SMILES string of the molecule is CCOP(=O)(OCC)ON1CCCC1. The smallest absolute Gasteiger partial charge is 0.286 e. The first-order valence-corrected chi connectivity index (χ1v) is 6.50. The maximum absolute atomic E-state index is 11.9. The first-order chi connectivity index (χ1) is 6.70. The van der Waals surface area contributed by atoms with Gasteiger partial charge in [-0.2, -0.15) is 9.69 Å². The van der Waals surface area contributed by atoms with E-state index in [9.17, 15) is 4.57 Å². The summed E-state index contributed by atoms with van der Waals surface area (Å²) in [6.45, 7) is 5.77. The van der Waals surface area contributed by atoms with Gasteiger partial charge >= 0.3 is 7.82 Å². The van der Waals surface area contributed by atoms with Crippen molar-refractivity contribution in [3.8, 4) is 0 Å². The number of phosphoric ester groups is 1. The predicted octanol–water partition coefficient (Wildman–Crippen LogP) is 2.19. The number of hydrogen-bond donors (Lipinski definition) is 0. The van der Waals surface area contributed by atoms with Gasteiger partial charge in [-0.15, -0.1) is 0 Å². The highest BCUT2D eigenvalue weighted by Gasteiger charge is 2.30. The first kappa shape index (κ1) is 12.1.